The van der Waals surface area contributed by atoms with Crippen molar-refractivity contribution in [3.8, 4) is 0 Å². The van der Waals surface area contributed by atoms with Gasteiger partial charge in [-0.3, -0.25) is 14.9 Å². The molecule has 0 radical (unpaired) electrons. The van der Waals surface area contributed by atoms with E-state index in [-0.39, 0.29) is 17.9 Å². The molecule has 0 aliphatic carbocycles. The summed E-state index contributed by atoms with van der Waals surface area (Å²) in [6.45, 7) is 1.47. The summed E-state index contributed by atoms with van der Waals surface area (Å²) in [6, 6.07) is 4.90. The number of carbonyl (C=O) groups excluding carboxylic acids is 1. The van der Waals surface area contributed by atoms with Gasteiger partial charge in [0.1, 0.15) is 5.78 Å². The molecule has 0 fully saturated rings. The van der Waals surface area contributed by atoms with Crippen molar-refractivity contribution in [1.82, 2.24) is 0 Å². The van der Waals surface area contributed by atoms with E-state index < -0.39 is 4.92 Å². The van der Waals surface area contributed by atoms with E-state index in [1.807, 2.05) is 0 Å². The van der Waals surface area contributed by atoms with Gasteiger partial charge in [-0.05, 0) is 24.8 Å². The number of nitro benzene ring substituents is 1. The van der Waals surface area contributed by atoms with Crippen molar-refractivity contribution in [3.05, 3.63) is 33.9 Å². The van der Waals surface area contributed by atoms with E-state index in [2.05, 4.69) is 0 Å². The van der Waals surface area contributed by atoms with E-state index in [0.717, 1.165) is 0 Å². The smallest absolute Gasteiger partial charge is 0.283 e. The summed E-state index contributed by atoms with van der Waals surface area (Å²) in [5.74, 6) is 0.00111. The van der Waals surface area contributed by atoms with Crippen LogP contribution >= 0.6 is 11.8 Å². The number of hydrogen-bond acceptors (Lipinski definition) is 4. The van der Waals surface area contributed by atoms with Gasteiger partial charge in [0, 0.05) is 12.5 Å². The molecule has 0 bridgehead atoms. The Kier molecular flexibility index (Phi) is 3.85. The molecule has 0 aromatic heterocycles. The van der Waals surface area contributed by atoms with Gasteiger partial charge in [0.15, 0.2) is 0 Å². The number of ketones is 1. The molecule has 4 nitrogen and oxygen atoms in total. The first-order chi connectivity index (χ1) is 7.04. The van der Waals surface area contributed by atoms with Crippen LogP contribution in [0.5, 0.6) is 0 Å². The number of nitrogens with zero attached hydrogens (tertiary/aromatic N) is 1. The van der Waals surface area contributed by atoms with Gasteiger partial charge < -0.3 is 0 Å². The minimum Gasteiger partial charge on any atom is -0.300 e. The zero-order chi connectivity index (χ0) is 11.4. The minimum atomic E-state index is -0.421. The van der Waals surface area contributed by atoms with Crippen molar-refractivity contribution in [2.45, 2.75) is 18.2 Å². The van der Waals surface area contributed by atoms with Gasteiger partial charge in [-0.25, -0.2) is 0 Å². The van der Waals surface area contributed by atoms with Gasteiger partial charge in [-0.1, -0.05) is 6.07 Å². The molecular weight excluding hydrogens is 214 g/mol. The minimum absolute atomic E-state index is 0.00111. The van der Waals surface area contributed by atoms with Crippen molar-refractivity contribution in [2.24, 2.45) is 0 Å². The van der Waals surface area contributed by atoms with E-state index in [1.54, 1.807) is 18.4 Å². The van der Waals surface area contributed by atoms with Crippen LogP contribution in [0.25, 0.3) is 0 Å². The van der Waals surface area contributed by atoms with Crippen molar-refractivity contribution in [3.63, 3.8) is 0 Å². The molecule has 0 amide bonds. The molecule has 1 aromatic carbocycles. The zero-order valence-electron chi connectivity index (χ0n) is 8.52. The van der Waals surface area contributed by atoms with Gasteiger partial charge in [0.05, 0.1) is 9.82 Å². The second-order valence-electron chi connectivity index (χ2n) is 3.14. The molecule has 1 rings (SSSR count). The molecule has 0 N–H and O–H groups in total. The molecule has 15 heavy (non-hydrogen) atoms. The molecule has 0 heterocycles. The van der Waals surface area contributed by atoms with Gasteiger partial charge in [-0.15, -0.1) is 11.8 Å². The number of benzene rings is 1. The third-order valence-electron chi connectivity index (χ3n) is 1.89. The Morgan fingerprint density at radius 1 is 1.53 bits per heavy atom. The summed E-state index contributed by atoms with van der Waals surface area (Å²) in [5.41, 5.74) is 0.758. The van der Waals surface area contributed by atoms with E-state index >= 15 is 0 Å². The van der Waals surface area contributed by atoms with Gasteiger partial charge >= 0.3 is 0 Å². The van der Waals surface area contributed by atoms with Crippen molar-refractivity contribution >= 4 is 23.2 Å². The molecule has 0 unspecified atom stereocenters. The summed E-state index contributed by atoms with van der Waals surface area (Å²) >= 11 is 1.32. The predicted molar refractivity (Wildman–Crippen MR) is 59.3 cm³/mol. The first-order valence-corrected chi connectivity index (χ1v) is 5.58. The van der Waals surface area contributed by atoms with E-state index in [9.17, 15) is 14.9 Å². The highest BCUT2D eigenvalue weighted by Gasteiger charge is 2.13. The Bertz CT molecular complexity index is 404. The maximum atomic E-state index is 10.9. The lowest BCUT2D eigenvalue weighted by atomic mass is 10.1. The Labute approximate surface area is 91.8 Å². The van der Waals surface area contributed by atoms with Gasteiger partial charge in [-0.2, -0.15) is 0 Å². The van der Waals surface area contributed by atoms with E-state index in [4.69, 9.17) is 0 Å². The highest BCUT2D eigenvalue weighted by Crippen LogP contribution is 2.28. The van der Waals surface area contributed by atoms with Crippen LogP contribution < -0.4 is 0 Å². The predicted octanol–water partition coefficient (Wildman–Crippen LogP) is 2.45. The number of Topliss-reactive ketones (excluding diaryl/α,β-unsaturated/α-hetero) is 1. The fraction of sp³-hybridized carbons (Fsp3) is 0.300. The largest absolute Gasteiger partial charge is 0.300 e. The molecule has 5 heteroatoms. The SMILES string of the molecule is CSc1ccc(CC(C)=O)cc1[N+](=O)[O-]. The molecule has 0 spiro atoms. The summed E-state index contributed by atoms with van der Waals surface area (Å²) < 4.78 is 0. The molecule has 0 saturated heterocycles. The Hall–Kier alpha value is -1.36. The van der Waals surface area contributed by atoms with Crippen LogP contribution in [0.2, 0.25) is 0 Å². The summed E-state index contributed by atoms with van der Waals surface area (Å²) in [5, 5.41) is 10.7. The summed E-state index contributed by atoms with van der Waals surface area (Å²) in [6.07, 6.45) is 2.03. The first kappa shape index (κ1) is 11.7. The first-order valence-electron chi connectivity index (χ1n) is 4.35. The lowest BCUT2D eigenvalue weighted by Crippen LogP contribution is -1.98. The van der Waals surface area contributed by atoms with Crippen LogP contribution in [0, 0.1) is 10.1 Å². The van der Waals surface area contributed by atoms with Crippen LogP contribution in [0.3, 0.4) is 0 Å². The van der Waals surface area contributed by atoms with Gasteiger partial charge in [0.25, 0.3) is 5.69 Å². The number of hydrogen-bond donors (Lipinski definition) is 0. The van der Waals surface area contributed by atoms with Crippen LogP contribution in [0.4, 0.5) is 5.69 Å². The lowest BCUT2D eigenvalue weighted by Gasteiger charge is -2.02. The lowest BCUT2D eigenvalue weighted by molar-refractivity contribution is -0.387. The standard InChI is InChI=1S/C10H11NO3S/c1-7(12)5-8-3-4-10(15-2)9(6-8)11(13)14/h3-4,6H,5H2,1-2H3. The maximum absolute atomic E-state index is 10.9. The zero-order valence-corrected chi connectivity index (χ0v) is 9.34. The highest BCUT2D eigenvalue weighted by atomic mass is 32.2. The molecule has 0 saturated carbocycles. The quantitative estimate of drug-likeness (QED) is 0.448. The molecular formula is C10H11NO3S. The van der Waals surface area contributed by atoms with Crippen LogP contribution in [-0.2, 0) is 11.2 Å². The Morgan fingerprint density at radius 3 is 2.67 bits per heavy atom. The number of nitro groups is 1. The topological polar surface area (TPSA) is 60.2 Å². The number of rotatable bonds is 4. The normalized spacial score (nSPS) is 10.0. The van der Waals surface area contributed by atoms with Gasteiger partial charge in [0.2, 0.25) is 0 Å². The van der Waals surface area contributed by atoms with E-state index in [1.165, 1.54) is 24.8 Å². The fourth-order valence-corrected chi connectivity index (χ4v) is 1.82. The molecule has 0 atom stereocenters. The van der Waals surface area contributed by atoms with Crippen LogP contribution in [0.1, 0.15) is 12.5 Å². The molecule has 1 aromatic rings. The van der Waals surface area contributed by atoms with Crippen molar-refractivity contribution in [1.29, 1.82) is 0 Å². The summed E-state index contributed by atoms with van der Waals surface area (Å²) in [7, 11) is 0. The summed E-state index contributed by atoms with van der Waals surface area (Å²) in [4.78, 5) is 21.8. The van der Waals surface area contributed by atoms with Crippen LogP contribution in [-0.4, -0.2) is 17.0 Å². The van der Waals surface area contributed by atoms with E-state index in [0.29, 0.717) is 10.5 Å². The molecule has 0 aliphatic rings. The maximum Gasteiger partial charge on any atom is 0.283 e. The second kappa shape index (κ2) is 4.93. The fourth-order valence-electron chi connectivity index (χ4n) is 1.28. The monoisotopic (exact) mass is 225 g/mol. The Morgan fingerprint density at radius 2 is 2.20 bits per heavy atom. The third-order valence-corrected chi connectivity index (χ3v) is 2.68. The second-order valence-corrected chi connectivity index (χ2v) is 3.99. The van der Waals surface area contributed by atoms with Crippen molar-refractivity contribution in [2.75, 3.05) is 6.26 Å². The Balaban J connectivity index is 3.10. The number of thioether (sulfide) groups is 1. The number of carbonyl (C=O) groups is 1. The average molecular weight is 225 g/mol. The molecule has 80 valence electrons. The third kappa shape index (κ3) is 3.06. The highest BCUT2D eigenvalue weighted by molar-refractivity contribution is 7.98. The van der Waals surface area contributed by atoms with Crippen molar-refractivity contribution < 1.29 is 9.72 Å². The molecule has 0 aliphatic heterocycles. The average Bonchev–Trinajstić information content (AvgIpc) is 2.16. The van der Waals surface area contributed by atoms with Crippen LogP contribution in [0.15, 0.2) is 23.1 Å².